The van der Waals surface area contributed by atoms with Gasteiger partial charge >= 0.3 is 5.97 Å². The number of aliphatic carboxylic acids is 1. The monoisotopic (exact) mass is 340 g/mol. The number of carbonyl (C=O) groups is 1. The van der Waals surface area contributed by atoms with Crippen molar-refractivity contribution < 1.29 is 18.3 Å². The zero-order valence-corrected chi connectivity index (χ0v) is 14.0. The third-order valence-corrected chi connectivity index (χ3v) is 5.98. The van der Waals surface area contributed by atoms with Gasteiger partial charge in [-0.2, -0.15) is 4.37 Å². The normalized spacial score (nSPS) is 12.1. The van der Waals surface area contributed by atoms with Crippen molar-refractivity contribution in [2.24, 2.45) is 0 Å². The molecular formula is C14H16N2O4S2. The summed E-state index contributed by atoms with van der Waals surface area (Å²) < 4.78 is 30.9. The summed E-state index contributed by atoms with van der Waals surface area (Å²) in [7, 11) is -3.67. The number of nitrogens with zero attached hydrogens (tertiary/aromatic N) is 1. The van der Waals surface area contributed by atoms with E-state index >= 15 is 0 Å². The largest absolute Gasteiger partial charge is 0.481 e. The van der Waals surface area contributed by atoms with E-state index in [1.165, 1.54) is 6.07 Å². The van der Waals surface area contributed by atoms with Crippen LogP contribution in [0.25, 0.3) is 0 Å². The molecule has 2 rings (SSSR count). The van der Waals surface area contributed by atoms with E-state index in [9.17, 15) is 18.3 Å². The molecule has 0 bridgehead atoms. The number of nitrogens with one attached hydrogen (secondary N) is 1. The Kier molecular flexibility index (Phi) is 4.25. The first-order valence-corrected chi connectivity index (χ1v) is 8.68. The van der Waals surface area contributed by atoms with Gasteiger partial charge in [-0.15, -0.1) is 0 Å². The second-order valence-electron chi connectivity index (χ2n) is 5.40. The number of hydrogen-bond donors (Lipinski definition) is 2. The van der Waals surface area contributed by atoms with E-state index in [2.05, 4.69) is 9.10 Å². The highest BCUT2D eigenvalue weighted by atomic mass is 32.2. The summed E-state index contributed by atoms with van der Waals surface area (Å²) >= 11 is 0.909. The molecule has 1 aromatic heterocycles. The van der Waals surface area contributed by atoms with Crippen LogP contribution in [-0.4, -0.2) is 23.9 Å². The second-order valence-corrected chi connectivity index (χ2v) is 8.11. The number of benzene rings is 1. The summed E-state index contributed by atoms with van der Waals surface area (Å²) in [6, 6.07) is 7.79. The van der Waals surface area contributed by atoms with Crippen LogP contribution < -0.4 is 4.72 Å². The Hall–Kier alpha value is -1.93. The Balaban J connectivity index is 2.24. The van der Waals surface area contributed by atoms with Crippen LogP contribution in [0.2, 0.25) is 0 Å². The van der Waals surface area contributed by atoms with Gasteiger partial charge in [-0.25, -0.2) is 8.42 Å². The van der Waals surface area contributed by atoms with Gasteiger partial charge < -0.3 is 5.11 Å². The fourth-order valence-corrected chi connectivity index (χ4v) is 3.76. The van der Waals surface area contributed by atoms with Gasteiger partial charge in [-0.1, -0.05) is 12.1 Å². The number of carboxylic acid groups (broad SMARTS) is 1. The number of rotatable bonds is 5. The maximum absolute atomic E-state index is 12.2. The molecule has 118 valence electrons. The minimum atomic E-state index is -3.67. The predicted molar refractivity (Wildman–Crippen MR) is 84.8 cm³/mol. The van der Waals surface area contributed by atoms with Gasteiger partial charge in [0.1, 0.15) is 0 Å². The molecule has 1 aromatic carbocycles. The van der Waals surface area contributed by atoms with Crippen LogP contribution in [0, 0.1) is 6.92 Å². The van der Waals surface area contributed by atoms with Gasteiger partial charge in [-0.05, 0) is 56.1 Å². The molecule has 0 unspecified atom stereocenters. The number of aromatic nitrogens is 1. The Labute approximate surface area is 133 Å². The molecule has 2 aromatic rings. The summed E-state index contributed by atoms with van der Waals surface area (Å²) in [5.41, 5.74) is 0.572. The molecule has 6 nitrogen and oxygen atoms in total. The van der Waals surface area contributed by atoms with E-state index in [1.54, 1.807) is 45.0 Å². The Morgan fingerprint density at radius 1 is 1.27 bits per heavy atom. The SMILES string of the molecule is Cc1cc(S(=O)(=O)Nc2ccc(C(C)(C)C(=O)O)cc2)sn1. The van der Waals surface area contributed by atoms with Gasteiger partial charge in [0.2, 0.25) is 0 Å². The number of aryl methyl sites for hydroxylation is 1. The van der Waals surface area contributed by atoms with Crippen LogP contribution in [-0.2, 0) is 20.2 Å². The third-order valence-electron chi connectivity index (χ3n) is 3.26. The summed E-state index contributed by atoms with van der Waals surface area (Å²) in [6.45, 7) is 4.90. The summed E-state index contributed by atoms with van der Waals surface area (Å²) in [4.78, 5) is 11.2. The van der Waals surface area contributed by atoms with E-state index in [0.29, 0.717) is 16.9 Å². The van der Waals surface area contributed by atoms with Crippen LogP contribution in [0.4, 0.5) is 5.69 Å². The fourth-order valence-electron chi connectivity index (χ4n) is 1.75. The first-order valence-electron chi connectivity index (χ1n) is 6.43. The highest BCUT2D eigenvalue weighted by Crippen LogP contribution is 2.26. The van der Waals surface area contributed by atoms with Gasteiger partial charge in [0.25, 0.3) is 10.0 Å². The lowest BCUT2D eigenvalue weighted by molar-refractivity contribution is -0.142. The van der Waals surface area contributed by atoms with E-state index in [0.717, 1.165) is 11.5 Å². The van der Waals surface area contributed by atoms with Crippen molar-refractivity contribution in [3.63, 3.8) is 0 Å². The lowest BCUT2D eigenvalue weighted by atomic mass is 9.85. The maximum Gasteiger partial charge on any atom is 0.313 e. The Morgan fingerprint density at radius 3 is 2.32 bits per heavy atom. The number of carboxylic acids is 1. The van der Waals surface area contributed by atoms with Gasteiger partial charge in [-0.3, -0.25) is 9.52 Å². The van der Waals surface area contributed by atoms with Crippen molar-refractivity contribution in [1.82, 2.24) is 4.37 Å². The highest BCUT2D eigenvalue weighted by molar-refractivity contribution is 7.94. The molecule has 0 radical (unpaired) electrons. The number of anilines is 1. The van der Waals surface area contributed by atoms with Crippen molar-refractivity contribution >= 4 is 33.2 Å². The molecule has 0 atom stereocenters. The topological polar surface area (TPSA) is 96.4 Å². The Morgan fingerprint density at radius 2 is 1.86 bits per heavy atom. The smallest absolute Gasteiger partial charge is 0.313 e. The predicted octanol–water partition coefficient (Wildman–Crippen LogP) is 2.61. The molecule has 22 heavy (non-hydrogen) atoms. The lowest BCUT2D eigenvalue weighted by Crippen LogP contribution is -2.28. The molecule has 0 aliphatic carbocycles. The number of hydrogen-bond acceptors (Lipinski definition) is 5. The average Bonchev–Trinajstić information content (AvgIpc) is 2.86. The standard InChI is InChI=1S/C14H16N2O4S2/c1-9-8-12(21-15-9)22(19,20)16-11-6-4-10(5-7-11)14(2,3)13(17)18/h4-8,16H,1-3H3,(H,17,18). The molecule has 0 spiro atoms. The first kappa shape index (κ1) is 16.4. The van der Waals surface area contributed by atoms with Gasteiger partial charge in [0.05, 0.1) is 11.1 Å². The minimum absolute atomic E-state index is 0.139. The van der Waals surface area contributed by atoms with Crippen molar-refractivity contribution in [2.75, 3.05) is 4.72 Å². The minimum Gasteiger partial charge on any atom is -0.481 e. The molecule has 0 aliphatic rings. The van der Waals surface area contributed by atoms with Crippen LogP contribution in [0.15, 0.2) is 34.5 Å². The summed E-state index contributed by atoms with van der Waals surface area (Å²) in [6.07, 6.45) is 0. The van der Waals surface area contributed by atoms with E-state index in [-0.39, 0.29) is 4.21 Å². The van der Waals surface area contributed by atoms with Crippen molar-refractivity contribution in [2.45, 2.75) is 30.4 Å². The Bertz CT molecular complexity index is 793. The van der Waals surface area contributed by atoms with Gasteiger partial charge in [0, 0.05) is 5.69 Å². The molecule has 0 amide bonds. The first-order chi connectivity index (χ1) is 10.1. The van der Waals surface area contributed by atoms with Crippen LogP contribution in [0.3, 0.4) is 0 Å². The molecular weight excluding hydrogens is 324 g/mol. The average molecular weight is 340 g/mol. The molecule has 2 N–H and O–H groups in total. The van der Waals surface area contributed by atoms with Crippen molar-refractivity contribution in [1.29, 1.82) is 0 Å². The summed E-state index contributed by atoms with van der Waals surface area (Å²) in [5, 5.41) is 9.18. The van der Waals surface area contributed by atoms with E-state index in [4.69, 9.17) is 0 Å². The number of sulfonamides is 1. The third kappa shape index (κ3) is 3.28. The molecule has 0 fully saturated rings. The van der Waals surface area contributed by atoms with Crippen LogP contribution in [0.1, 0.15) is 25.1 Å². The van der Waals surface area contributed by atoms with Gasteiger partial charge in [0.15, 0.2) is 4.21 Å². The van der Waals surface area contributed by atoms with E-state index < -0.39 is 21.4 Å². The van der Waals surface area contributed by atoms with Crippen LogP contribution >= 0.6 is 11.5 Å². The quantitative estimate of drug-likeness (QED) is 0.872. The zero-order valence-electron chi connectivity index (χ0n) is 12.3. The van der Waals surface area contributed by atoms with Crippen LogP contribution in [0.5, 0.6) is 0 Å². The molecule has 0 saturated carbocycles. The maximum atomic E-state index is 12.2. The second kappa shape index (κ2) is 5.69. The van der Waals surface area contributed by atoms with Crippen molar-refractivity contribution in [3.8, 4) is 0 Å². The van der Waals surface area contributed by atoms with E-state index in [1.807, 2.05) is 0 Å². The highest BCUT2D eigenvalue weighted by Gasteiger charge is 2.29. The molecule has 8 heteroatoms. The molecule has 0 saturated heterocycles. The fraction of sp³-hybridized carbons (Fsp3) is 0.286. The zero-order chi connectivity index (χ0) is 16.5. The van der Waals surface area contributed by atoms with Crippen molar-refractivity contribution in [3.05, 3.63) is 41.6 Å². The molecule has 0 aliphatic heterocycles. The molecule has 1 heterocycles. The lowest BCUT2D eigenvalue weighted by Gasteiger charge is -2.19. The summed E-state index contributed by atoms with van der Waals surface area (Å²) in [5.74, 6) is -0.944.